The van der Waals surface area contributed by atoms with Crippen molar-refractivity contribution in [3.63, 3.8) is 0 Å². The Bertz CT molecular complexity index is 549. The summed E-state index contributed by atoms with van der Waals surface area (Å²) in [5.74, 6) is 0.0604. The molecule has 1 aromatic carbocycles. The minimum absolute atomic E-state index is 0.0604. The number of ketones is 1. The molecule has 0 fully saturated rings. The summed E-state index contributed by atoms with van der Waals surface area (Å²) in [6, 6.07) is 5.28. The molecule has 1 amide bonds. The fourth-order valence-electron chi connectivity index (χ4n) is 2.02. The number of alkyl carbamates (subject to hydrolysis) is 1. The summed E-state index contributed by atoms with van der Waals surface area (Å²) < 4.78 is 5.16. The van der Waals surface area contributed by atoms with E-state index in [-0.39, 0.29) is 18.2 Å². The highest BCUT2D eigenvalue weighted by atomic mass is 35.5. The summed E-state index contributed by atoms with van der Waals surface area (Å²) in [5.41, 5.74) is 1.33. The Hall–Kier alpha value is -1.55. The third-order valence-electron chi connectivity index (χ3n) is 2.92. The average molecular weight is 326 g/mol. The number of hydrogen-bond acceptors (Lipinski definition) is 3. The molecule has 5 heteroatoms. The number of carbonyl (C=O) groups is 2. The van der Waals surface area contributed by atoms with Gasteiger partial charge in [0.25, 0.3) is 0 Å². The van der Waals surface area contributed by atoms with Crippen molar-refractivity contribution in [2.24, 2.45) is 0 Å². The molecule has 0 aromatic heterocycles. The van der Waals surface area contributed by atoms with Crippen molar-refractivity contribution in [1.82, 2.24) is 5.32 Å². The van der Waals surface area contributed by atoms with E-state index in [9.17, 15) is 9.59 Å². The van der Waals surface area contributed by atoms with E-state index in [0.717, 1.165) is 11.1 Å². The zero-order valence-corrected chi connectivity index (χ0v) is 14.6. The predicted molar refractivity (Wildman–Crippen MR) is 88.3 cm³/mol. The Morgan fingerprint density at radius 1 is 1.32 bits per heavy atom. The number of hydrogen-bond donors (Lipinski definition) is 1. The molecule has 22 heavy (non-hydrogen) atoms. The van der Waals surface area contributed by atoms with Gasteiger partial charge in [0.05, 0.1) is 0 Å². The second-order valence-corrected chi connectivity index (χ2v) is 6.96. The van der Waals surface area contributed by atoms with E-state index in [1.807, 2.05) is 19.1 Å². The van der Waals surface area contributed by atoms with Crippen LogP contribution in [-0.2, 0) is 16.0 Å². The van der Waals surface area contributed by atoms with Crippen LogP contribution in [0.3, 0.4) is 0 Å². The van der Waals surface area contributed by atoms with Gasteiger partial charge in [0.1, 0.15) is 11.4 Å². The van der Waals surface area contributed by atoms with Crippen LogP contribution in [0.1, 0.15) is 45.2 Å². The zero-order valence-electron chi connectivity index (χ0n) is 13.8. The Labute approximate surface area is 137 Å². The number of amides is 1. The van der Waals surface area contributed by atoms with Crippen LogP contribution in [-0.4, -0.2) is 23.5 Å². The third kappa shape index (κ3) is 6.94. The monoisotopic (exact) mass is 325 g/mol. The molecule has 0 aliphatic heterocycles. The first-order valence-corrected chi connectivity index (χ1v) is 7.71. The SMILES string of the molecule is Cc1cc(CC(=O)C[C@@H](C)NC(=O)OC(C)(C)C)ccc1Cl. The van der Waals surface area contributed by atoms with Gasteiger partial charge in [-0.1, -0.05) is 23.7 Å². The van der Waals surface area contributed by atoms with Gasteiger partial charge in [-0.05, 0) is 51.8 Å². The van der Waals surface area contributed by atoms with Gasteiger partial charge >= 0.3 is 6.09 Å². The van der Waals surface area contributed by atoms with Gasteiger partial charge in [0.2, 0.25) is 0 Å². The molecule has 0 radical (unpaired) electrons. The normalized spacial score (nSPS) is 12.6. The Morgan fingerprint density at radius 2 is 1.95 bits per heavy atom. The van der Waals surface area contributed by atoms with Gasteiger partial charge in [0, 0.05) is 23.9 Å². The Balaban J connectivity index is 2.47. The van der Waals surface area contributed by atoms with Gasteiger partial charge in [0.15, 0.2) is 0 Å². The fourth-order valence-corrected chi connectivity index (χ4v) is 2.14. The lowest BCUT2D eigenvalue weighted by atomic mass is 10.0. The molecule has 1 aromatic rings. The van der Waals surface area contributed by atoms with Crippen molar-refractivity contribution in [2.45, 2.75) is 59.1 Å². The van der Waals surface area contributed by atoms with Crippen molar-refractivity contribution in [2.75, 3.05) is 0 Å². The number of halogens is 1. The molecule has 0 aliphatic rings. The molecule has 0 saturated heterocycles. The lowest BCUT2D eigenvalue weighted by molar-refractivity contribution is -0.118. The maximum atomic E-state index is 12.1. The van der Waals surface area contributed by atoms with E-state index in [1.165, 1.54) is 0 Å². The second kappa shape index (κ2) is 7.63. The number of rotatable bonds is 5. The van der Waals surface area contributed by atoms with Crippen molar-refractivity contribution in [3.05, 3.63) is 34.3 Å². The van der Waals surface area contributed by atoms with Crippen LogP contribution in [0.25, 0.3) is 0 Å². The number of carbonyl (C=O) groups excluding carboxylic acids is 2. The van der Waals surface area contributed by atoms with E-state index >= 15 is 0 Å². The number of benzene rings is 1. The van der Waals surface area contributed by atoms with E-state index in [4.69, 9.17) is 16.3 Å². The van der Waals surface area contributed by atoms with Crippen LogP contribution < -0.4 is 5.32 Å². The minimum atomic E-state index is -0.547. The van der Waals surface area contributed by atoms with Gasteiger partial charge in [-0.3, -0.25) is 4.79 Å². The average Bonchev–Trinajstić information content (AvgIpc) is 2.30. The highest BCUT2D eigenvalue weighted by molar-refractivity contribution is 6.31. The summed E-state index contributed by atoms with van der Waals surface area (Å²) in [7, 11) is 0. The van der Waals surface area contributed by atoms with Crippen LogP contribution in [0.5, 0.6) is 0 Å². The lowest BCUT2D eigenvalue weighted by Crippen LogP contribution is -2.38. The van der Waals surface area contributed by atoms with E-state index < -0.39 is 11.7 Å². The maximum absolute atomic E-state index is 12.1. The fraction of sp³-hybridized carbons (Fsp3) is 0.529. The molecule has 1 atom stereocenters. The molecule has 0 unspecified atom stereocenters. The number of aryl methyl sites for hydroxylation is 1. The summed E-state index contributed by atoms with van der Waals surface area (Å²) in [6.07, 6.45) is 0.0920. The lowest BCUT2D eigenvalue weighted by Gasteiger charge is -2.21. The molecule has 0 bridgehead atoms. The second-order valence-electron chi connectivity index (χ2n) is 6.55. The molecule has 0 saturated carbocycles. The van der Waals surface area contributed by atoms with E-state index in [1.54, 1.807) is 33.8 Å². The van der Waals surface area contributed by atoms with Gasteiger partial charge < -0.3 is 10.1 Å². The maximum Gasteiger partial charge on any atom is 0.407 e. The first-order chi connectivity index (χ1) is 10.1. The molecule has 122 valence electrons. The minimum Gasteiger partial charge on any atom is -0.444 e. The quantitative estimate of drug-likeness (QED) is 0.888. The van der Waals surface area contributed by atoms with Crippen LogP contribution in [0.15, 0.2) is 18.2 Å². The van der Waals surface area contributed by atoms with Crippen LogP contribution in [0.2, 0.25) is 5.02 Å². The Kier molecular flexibility index (Phi) is 6.42. The van der Waals surface area contributed by atoms with Crippen LogP contribution >= 0.6 is 11.6 Å². The van der Waals surface area contributed by atoms with Crippen LogP contribution in [0.4, 0.5) is 4.79 Å². The molecule has 4 nitrogen and oxygen atoms in total. The number of Topliss-reactive ketones (excluding diaryl/α,β-unsaturated/α-hetero) is 1. The summed E-state index contributed by atoms with van der Waals surface area (Å²) in [6.45, 7) is 9.08. The van der Waals surface area contributed by atoms with Gasteiger partial charge in [-0.25, -0.2) is 4.79 Å². The Morgan fingerprint density at radius 3 is 2.50 bits per heavy atom. The molecular formula is C17H24ClNO3. The van der Waals surface area contributed by atoms with Crippen LogP contribution in [0, 0.1) is 6.92 Å². The third-order valence-corrected chi connectivity index (χ3v) is 3.34. The smallest absolute Gasteiger partial charge is 0.407 e. The molecule has 0 spiro atoms. The standard InChI is InChI=1S/C17H24ClNO3/c1-11-8-13(6-7-15(11)18)10-14(20)9-12(2)19-16(21)22-17(3,4)5/h6-8,12H,9-10H2,1-5H3,(H,19,21)/t12-/m1/s1. The first kappa shape index (κ1) is 18.5. The van der Waals surface area contributed by atoms with E-state index in [0.29, 0.717) is 11.4 Å². The van der Waals surface area contributed by atoms with E-state index in [2.05, 4.69) is 5.32 Å². The van der Waals surface area contributed by atoms with Crippen molar-refractivity contribution < 1.29 is 14.3 Å². The largest absolute Gasteiger partial charge is 0.444 e. The summed E-state index contributed by atoms with van der Waals surface area (Å²) >= 11 is 5.97. The highest BCUT2D eigenvalue weighted by Crippen LogP contribution is 2.17. The van der Waals surface area contributed by atoms with Crippen molar-refractivity contribution in [1.29, 1.82) is 0 Å². The zero-order chi connectivity index (χ0) is 16.9. The van der Waals surface area contributed by atoms with Crippen molar-refractivity contribution in [3.8, 4) is 0 Å². The predicted octanol–water partition coefficient (Wildman–Crippen LogP) is 4.06. The molecular weight excluding hydrogens is 302 g/mol. The van der Waals surface area contributed by atoms with Gasteiger partial charge in [-0.15, -0.1) is 0 Å². The summed E-state index contributed by atoms with van der Waals surface area (Å²) in [4.78, 5) is 23.7. The molecule has 0 heterocycles. The molecule has 1 N–H and O–H groups in total. The topological polar surface area (TPSA) is 55.4 Å². The van der Waals surface area contributed by atoms with Gasteiger partial charge in [-0.2, -0.15) is 0 Å². The number of ether oxygens (including phenoxy) is 1. The summed E-state index contributed by atoms with van der Waals surface area (Å²) in [5, 5.41) is 3.36. The number of nitrogens with one attached hydrogen (secondary N) is 1. The molecule has 0 aliphatic carbocycles. The highest BCUT2D eigenvalue weighted by Gasteiger charge is 2.19. The first-order valence-electron chi connectivity index (χ1n) is 7.33. The molecule has 1 rings (SSSR count). The van der Waals surface area contributed by atoms with Crippen molar-refractivity contribution >= 4 is 23.5 Å².